The summed E-state index contributed by atoms with van der Waals surface area (Å²) in [5, 5.41) is 0. The summed E-state index contributed by atoms with van der Waals surface area (Å²) in [5.74, 6) is 0. The zero-order chi connectivity index (χ0) is 9.65. The summed E-state index contributed by atoms with van der Waals surface area (Å²) < 4.78 is 9.10. The minimum absolute atomic E-state index is 0.0988. The van der Waals surface area contributed by atoms with Crippen LogP contribution in [0.5, 0.6) is 0 Å². The third kappa shape index (κ3) is 33.9. The number of halogens is 6. The van der Waals surface area contributed by atoms with E-state index < -0.39 is 6.07 Å². The summed E-state index contributed by atoms with van der Waals surface area (Å²) in [5.41, 5.74) is 0. The molecule has 0 aliphatic carbocycles. The molecule has 0 aliphatic heterocycles. The lowest BCUT2D eigenvalue weighted by atomic mass is 11.2. The quantitative estimate of drug-likeness (QED) is 0.662. The number of hydrogen-bond acceptors (Lipinski definition) is 1. The molecule has 0 atom stereocenters. The lowest BCUT2D eigenvalue weighted by Gasteiger charge is -1.77. The van der Waals surface area contributed by atoms with Crippen LogP contribution in [-0.2, 0) is 4.57 Å². The van der Waals surface area contributed by atoms with Gasteiger partial charge < -0.3 is 4.89 Å². The van der Waals surface area contributed by atoms with Gasteiger partial charge in [0.1, 0.15) is 8.98 Å². The van der Waals surface area contributed by atoms with Gasteiger partial charge in [-0.2, -0.15) is 0 Å². The van der Waals surface area contributed by atoms with E-state index in [4.69, 9.17) is 51.3 Å². The SMILES string of the molecule is ClC(Cl)=C(Cl)Cl.O=P(O)(Cl)Cl. The monoisotopic (exact) mass is 298 g/mol. The van der Waals surface area contributed by atoms with Crippen LogP contribution in [0.25, 0.3) is 0 Å². The van der Waals surface area contributed by atoms with Crippen LogP contribution in [0.2, 0.25) is 0 Å². The molecule has 0 spiro atoms. The fraction of sp³-hybridized carbons (Fsp3) is 0. The summed E-state index contributed by atoms with van der Waals surface area (Å²) in [6.07, 6.45) is -3.69. The smallest absolute Gasteiger partial charge is 0.322 e. The van der Waals surface area contributed by atoms with Crippen LogP contribution in [0.3, 0.4) is 0 Å². The van der Waals surface area contributed by atoms with Crippen molar-refractivity contribution >= 4 is 75.0 Å². The van der Waals surface area contributed by atoms with E-state index in [0.29, 0.717) is 0 Å². The average molecular weight is 301 g/mol. The molecule has 0 saturated heterocycles. The molecule has 2 nitrogen and oxygen atoms in total. The van der Waals surface area contributed by atoms with Gasteiger partial charge in [-0.3, -0.25) is 4.57 Å². The molecule has 0 aromatic heterocycles. The van der Waals surface area contributed by atoms with Gasteiger partial charge in [-0.05, 0) is 22.5 Å². The molecule has 68 valence electrons. The molecule has 0 aromatic rings. The van der Waals surface area contributed by atoms with Gasteiger partial charge in [-0.1, -0.05) is 46.4 Å². The Labute approximate surface area is 93.0 Å². The van der Waals surface area contributed by atoms with E-state index in [9.17, 15) is 4.57 Å². The molecule has 0 aliphatic rings. The van der Waals surface area contributed by atoms with Crippen LogP contribution in [0, 0.1) is 0 Å². The van der Waals surface area contributed by atoms with Gasteiger partial charge in [0.15, 0.2) is 0 Å². The molecular weight excluding hydrogens is 300 g/mol. The standard InChI is InChI=1S/C2Cl4.Cl2HO2P/c3-1(4)2(5)6;1-5(2,3)4/h;(H,3,4). The largest absolute Gasteiger partial charge is 0.377 e. The normalized spacial score (nSPS) is 9.73. The van der Waals surface area contributed by atoms with Gasteiger partial charge in [0.25, 0.3) is 0 Å². The fourth-order valence-corrected chi connectivity index (χ4v) is 0. The first-order valence-electron chi connectivity index (χ1n) is 1.73. The molecule has 0 aromatic carbocycles. The maximum absolute atomic E-state index is 9.30. The minimum Gasteiger partial charge on any atom is -0.322 e. The Hall–Kier alpha value is 1.67. The second kappa shape index (κ2) is 7.11. The Morgan fingerprint density at radius 1 is 1.00 bits per heavy atom. The van der Waals surface area contributed by atoms with Gasteiger partial charge in [0.05, 0.1) is 0 Å². The van der Waals surface area contributed by atoms with E-state index in [2.05, 4.69) is 22.5 Å². The first-order valence-corrected chi connectivity index (χ1v) is 6.71. The zero-order valence-corrected chi connectivity index (χ0v) is 10.0. The van der Waals surface area contributed by atoms with E-state index in [0.717, 1.165) is 0 Å². The molecule has 0 heterocycles. The average Bonchev–Trinajstić information content (AvgIpc) is 1.59. The molecule has 1 N–H and O–H groups in total. The first-order chi connectivity index (χ1) is 4.64. The van der Waals surface area contributed by atoms with Gasteiger partial charge in [0, 0.05) is 0 Å². The van der Waals surface area contributed by atoms with E-state index >= 15 is 0 Å². The van der Waals surface area contributed by atoms with Crippen LogP contribution in [0.15, 0.2) is 8.98 Å². The number of hydrogen-bond donors (Lipinski definition) is 1. The van der Waals surface area contributed by atoms with E-state index in [1.54, 1.807) is 0 Å². The van der Waals surface area contributed by atoms with Crippen LogP contribution in [0.4, 0.5) is 0 Å². The highest BCUT2D eigenvalue weighted by atomic mass is 35.9. The van der Waals surface area contributed by atoms with Crippen molar-refractivity contribution in [2.24, 2.45) is 0 Å². The summed E-state index contributed by atoms with van der Waals surface area (Å²) in [6.45, 7) is 0. The van der Waals surface area contributed by atoms with Crippen molar-refractivity contribution in [3.8, 4) is 0 Å². The summed E-state index contributed by atoms with van der Waals surface area (Å²) in [6, 6.07) is 0. The second-order valence-electron chi connectivity index (χ2n) is 0.956. The van der Waals surface area contributed by atoms with Crippen LogP contribution in [-0.4, -0.2) is 4.89 Å². The maximum atomic E-state index is 9.30. The third-order valence-corrected chi connectivity index (χ3v) is 1.29. The molecule has 0 fully saturated rings. The third-order valence-electron chi connectivity index (χ3n) is 0.143. The molecule has 0 radical (unpaired) electrons. The predicted octanol–water partition coefficient (Wildman–Crippen LogP) is 4.63. The molecule has 0 saturated carbocycles. The summed E-state index contributed by atoms with van der Waals surface area (Å²) >= 11 is 28.8. The van der Waals surface area contributed by atoms with Crippen molar-refractivity contribution in [2.75, 3.05) is 0 Å². The fourth-order valence-electron chi connectivity index (χ4n) is 0. The Bertz CT molecular complexity index is 157. The van der Waals surface area contributed by atoms with Crippen LogP contribution in [0.1, 0.15) is 0 Å². The lowest BCUT2D eigenvalue weighted by molar-refractivity contribution is 0.512. The van der Waals surface area contributed by atoms with Crippen molar-refractivity contribution in [3.05, 3.63) is 8.98 Å². The Morgan fingerprint density at radius 2 is 1.09 bits per heavy atom. The molecule has 11 heavy (non-hydrogen) atoms. The van der Waals surface area contributed by atoms with Crippen LogP contribution >= 0.6 is 75.0 Å². The van der Waals surface area contributed by atoms with E-state index in [1.165, 1.54) is 0 Å². The predicted molar refractivity (Wildman–Crippen MR) is 52.0 cm³/mol. The maximum Gasteiger partial charge on any atom is 0.377 e. The van der Waals surface area contributed by atoms with Crippen molar-refractivity contribution < 1.29 is 9.46 Å². The Kier molecular flexibility index (Phi) is 9.80. The minimum atomic E-state index is -3.69. The molecule has 9 heteroatoms. The van der Waals surface area contributed by atoms with Gasteiger partial charge >= 0.3 is 6.07 Å². The lowest BCUT2D eigenvalue weighted by Crippen LogP contribution is -1.47. The molecule has 0 amide bonds. The Balaban J connectivity index is 0. The topological polar surface area (TPSA) is 37.3 Å². The molecule has 0 unspecified atom stereocenters. The van der Waals surface area contributed by atoms with E-state index in [1.807, 2.05) is 0 Å². The van der Waals surface area contributed by atoms with Crippen molar-refractivity contribution in [3.63, 3.8) is 0 Å². The van der Waals surface area contributed by atoms with Crippen molar-refractivity contribution in [1.82, 2.24) is 0 Å². The highest BCUT2D eigenvalue weighted by molar-refractivity contribution is 8.04. The van der Waals surface area contributed by atoms with Crippen molar-refractivity contribution in [1.29, 1.82) is 0 Å². The Morgan fingerprint density at radius 3 is 1.09 bits per heavy atom. The summed E-state index contributed by atoms with van der Waals surface area (Å²) in [4.78, 5) is 7.61. The van der Waals surface area contributed by atoms with Crippen LogP contribution < -0.4 is 0 Å². The zero-order valence-electron chi connectivity index (χ0n) is 4.57. The van der Waals surface area contributed by atoms with Crippen molar-refractivity contribution in [2.45, 2.75) is 0 Å². The second-order valence-corrected chi connectivity index (χ2v) is 6.99. The van der Waals surface area contributed by atoms with Gasteiger partial charge in [-0.15, -0.1) is 0 Å². The van der Waals surface area contributed by atoms with Gasteiger partial charge in [0.2, 0.25) is 0 Å². The molecule has 0 bridgehead atoms. The highest BCUT2D eigenvalue weighted by Crippen LogP contribution is 2.51. The first kappa shape index (κ1) is 15.2. The summed E-state index contributed by atoms with van der Waals surface area (Å²) in [7, 11) is 0. The molecular formula is C2HCl6O2P. The molecule has 0 rings (SSSR count). The number of rotatable bonds is 0. The highest BCUT2D eigenvalue weighted by Gasteiger charge is 2.02. The van der Waals surface area contributed by atoms with E-state index in [-0.39, 0.29) is 8.98 Å². The van der Waals surface area contributed by atoms with Gasteiger partial charge in [-0.25, -0.2) is 0 Å².